The Kier molecular flexibility index (Phi) is 6.07. The standard InChI is InChI=1S/C25H24N2O5/c1-15-7-11-19(12-8-15)31-25(29)23-16(2)22-20(5-4-6-21(22)32-23)26-27-24(28)17-9-13-18(30-3)14-10-17/h7-14H,4-6H2,1-3H3,(H,27,28)/b26-20+. The molecule has 1 aliphatic rings. The molecule has 32 heavy (non-hydrogen) atoms. The second-order valence-electron chi connectivity index (χ2n) is 7.64. The lowest BCUT2D eigenvalue weighted by atomic mass is 9.93. The quantitative estimate of drug-likeness (QED) is 0.362. The zero-order valence-electron chi connectivity index (χ0n) is 18.2. The fraction of sp³-hybridized carbons (Fsp3) is 0.240. The average molecular weight is 432 g/mol. The zero-order chi connectivity index (χ0) is 22.7. The number of hydrogen-bond acceptors (Lipinski definition) is 6. The number of esters is 1. The van der Waals surface area contributed by atoms with Crippen molar-refractivity contribution in [2.45, 2.75) is 33.1 Å². The van der Waals surface area contributed by atoms with E-state index >= 15 is 0 Å². The number of carbonyl (C=O) groups excluding carboxylic acids is 2. The number of nitrogens with one attached hydrogen (secondary N) is 1. The van der Waals surface area contributed by atoms with Crippen molar-refractivity contribution < 1.29 is 23.5 Å². The van der Waals surface area contributed by atoms with E-state index in [9.17, 15) is 9.59 Å². The summed E-state index contributed by atoms with van der Waals surface area (Å²) in [4.78, 5) is 25.2. The third-order valence-electron chi connectivity index (χ3n) is 5.39. The first-order valence-corrected chi connectivity index (χ1v) is 10.4. The second kappa shape index (κ2) is 9.09. The van der Waals surface area contributed by atoms with Crippen molar-refractivity contribution in [1.82, 2.24) is 5.43 Å². The molecule has 1 amide bonds. The number of rotatable bonds is 5. The maximum absolute atomic E-state index is 12.7. The smallest absolute Gasteiger partial charge is 0.379 e. The van der Waals surface area contributed by atoms with Gasteiger partial charge in [-0.25, -0.2) is 10.2 Å². The molecule has 0 radical (unpaired) electrons. The molecule has 1 aromatic heterocycles. The highest BCUT2D eigenvalue weighted by molar-refractivity contribution is 6.06. The molecule has 0 aliphatic heterocycles. The SMILES string of the molecule is COc1ccc(C(=O)N/N=C2\CCCc3oc(C(=O)Oc4ccc(C)cc4)c(C)c32)cc1. The maximum atomic E-state index is 12.7. The van der Waals surface area contributed by atoms with Gasteiger partial charge in [0.25, 0.3) is 5.91 Å². The summed E-state index contributed by atoms with van der Waals surface area (Å²) in [7, 11) is 1.57. The van der Waals surface area contributed by atoms with E-state index in [1.165, 1.54) is 0 Å². The molecule has 3 aromatic rings. The van der Waals surface area contributed by atoms with Crippen LogP contribution in [-0.4, -0.2) is 24.7 Å². The summed E-state index contributed by atoms with van der Waals surface area (Å²) in [6.07, 6.45) is 2.17. The summed E-state index contributed by atoms with van der Waals surface area (Å²) in [5.41, 5.74) is 6.27. The summed E-state index contributed by atoms with van der Waals surface area (Å²) in [6.45, 7) is 3.77. The van der Waals surface area contributed by atoms with Gasteiger partial charge in [0.05, 0.1) is 12.8 Å². The second-order valence-corrected chi connectivity index (χ2v) is 7.64. The van der Waals surface area contributed by atoms with Crippen LogP contribution in [0.2, 0.25) is 0 Å². The van der Waals surface area contributed by atoms with Gasteiger partial charge in [-0.1, -0.05) is 17.7 Å². The minimum absolute atomic E-state index is 0.159. The number of nitrogens with zero attached hydrogens (tertiary/aromatic N) is 1. The lowest BCUT2D eigenvalue weighted by Gasteiger charge is -2.13. The molecule has 1 aliphatic carbocycles. The number of ether oxygens (including phenoxy) is 2. The van der Waals surface area contributed by atoms with Crippen LogP contribution in [0, 0.1) is 13.8 Å². The van der Waals surface area contributed by atoms with Crippen molar-refractivity contribution in [1.29, 1.82) is 0 Å². The molecule has 7 nitrogen and oxygen atoms in total. The molecule has 1 heterocycles. The Balaban J connectivity index is 1.53. The first-order valence-electron chi connectivity index (χ1n) is 10.4. The Morgan fingerprint density at radius 3 is 2.34 bits per heavy atom. The van der Waals surface area contributed by atoms with Gasteiger partial charge in [0.2, 0.25) is 5.76 Å². The van der Waals surface area contributed by atoms with Gasteiger partial charge in [-0.3, -0.25) is 4.79 Å². The van der Waals surface area contributed by atoms with Gasteiger partial charge in [0.1, 0.15) is 17.3 Å². The summed E-state index contributed by atoms with van der Waals surface area (Å²) < 4.78 is 16.4. The van der Waals surface area contributed by atoms with Crippen LogP contribution in [0.5, 0.6) is 11.5 Å². The number of aryl methyl sites for hydroxylation is 2. The van der Waals surface area contributed by atoms with Gasteiger partial charge in [-0.15, -0.1) is 0 Å². The molecule has 0 spiro atoms. The molecule has 2 aromatic carbocycles. The van der Waals surface area contributed by atoms with Crippen LogP contribution in [0.3, 0.4) is 0 Å². The first-order chi connectivity index (χ1) is 15.5. The summed E-state index contributed by atoms with van der Waals surface area (Å²) in [5, 5.41) is 4.34. The maximum Gasteiger partial charge on any atom is 0.379 e. The van der Waals surface area contributed by atoms with Crippen molar-refractivity contribution in [3.05, 3.63) is 82.3 Å². The molecule has 1 N–H and O–H groups in total. The van der Waals surface area contributed by atoms with E-state index in [0.717, 1.165) is 17.5 Å². The van der Waals surface area contributed by atoms with E-state index in [0.29, 0.717) is 46.9 Å². The highest BCUT2D eigenvalue weighted by Gasteiger charge is 2.29. The summed E-state index contributed by atoms with van der Waals surface area (Å²) in [5.74, 6) is 1.09. The number of hydrazone groups is 1. The number of carbonyl (C=O) groups is 2. The van der Waals surface area contributed by atoms with Gasteiger partial charge in [-0.05, 0) is 63.1 Å². The van der Waals surface area contributed by atoms with Gasteiger partial charge in [-0.2, -0.15) is 5.10 Å². The van der Waals surface area contributed by atoms with E-state index in [1.54, 1.807) is 50.4 Å². The molecule has 0 bridgehead atoms. The van der Waals surface area contributed by atoms with Crippen molar-refractivity contribution in [3.63, 3.8) is 0 Å². The third-order valence-corrected chi connectivity index (χ3v) is 5.39. The molecular formula is C25H24N2O5. The van der Waals surface area contributed by atoms with Crippen LogP contribution in [0.25, 0.3) is 0 Å². The molecule has 0 unspecified atom stereocenters. The highest BCUT2D eigenvalue weighted by Crippen LogP contribution is 2.30. The first kappa shape index (κ1) is 21.4. The summed E-state index contributed by atoms with van der Waals surface area (Å²) in [6, 6.07) is 14.0. The summed E-state index contributed by atoms with van der Waals surface area (Å²) >= 11 is 0. The van der Waals surface area contributed by atoms with E-state index in [1.807, 2.05) is 19.1 Å². The number of methoxy groups -OCH3 is 1. The average Bonchev–Trinajstić information content (AvgIpc) is 3.16. The van der Waals surface area contributed by atoms with Gasteiger partial charge < -0.3 is 13.9 Å². The topological polar surface area (TPSA) is 90.1 Å². The molecule has 0 fully saturated rings. The van der Waals surface area contributed by atoms with Gasteiger partial charge in [0, 0.05) is 23.1 Å². The van der Waals surface area contributed by atoms with Crippen LogP contribution in [0.15, 0.2) is 58.0 Å². The molecule has 4 rings (SSSR count). The lowest BCUT2D eigenvalue weighted by Crippen LogP contribution is -2.22. The zero-order valence-corrected chi connectivity index (χ0v) is 18.2. The minimum atomic E-state index is -0.553. The monoisotopic (exact) mass is 432 g/mol. The number of furan rings is 1. The van der Waals surface area contributed by atoms with E-state index in [2.05, 4.69) is 10.5 Å². The fourth-order valence-electron chi connectivity index (χ4n) is 3.66. The lowest BCUT2D eigenvalue weighted by molar-refractivity contribution is 0.0698. The van der Waals surface area contributed by atoms with Crippen LogP contribution in [0.1, 0.15) is 56.2 Å². The van der Waals surface area contributed by atoms with Crippen molar-refractivity contribution in [2.24, 2.45) is 5.10 Å². The van der Waals surface area contributed by atoms with E-state index in [4.69, 9.17) is 13.9 Å². The Hall–Kier alpha value is -3.87. The predicted octanol–water partition coefficient (Wildman–Crippen LogP) is 4.59. The molecule has 0 saturated heterocycles. The Morgan fingerprint density at radius 2 is 1.66 bits per heavy atom. The molecule has 0 saturated carbocycles. The molecule has 0 atom stereocenters. The van der Waals surface area contributed by atoms with Crippen LogP contribution >= 0.6 is 0 Å². The number of hydrogen-bond donors (Lipinski definition) is 1. The van der Waals surface area contributed by atoms with Crippen LogP contribution < -0.4 is 14.9 Å². The number of benzene rings is 2. The Morgan fingerprint density at radius 1 is 0.969 bits per heavy atom. The molecule has 164 valence electrons. The normalized spacial score (nSPS) is 14.0. The van der Waals surface area contributed by atoms with Crippen molar-refractivity contribution in [3.8, 4) is 11.5 Å². The van der Waals surface area contributed by atoms with E-state index < -0.39 is 5.97 Å². The number of fused-ring (bicyclic) bond motifs is 1. The van der Waals surface area contributed by atoms with Gasteiger partial charge in [0.15, 0.2) is 0 Å². The van der Waals surface area contributed by atoms with Crippen LogP contribution in [0.4, 0.5) is 0 Å². The molecule has 7 heteroatoms. The minimum Gasteiger partial charge on any atom is -0.497 e. The molecular weight excluding hydrogens is 408 g/mol. The predicted molar refractivity (Wildman–Crippen MR) is 120 cm³/mol. The fourth-order valence-corrected chi connectivity index (χ4v) is 3.66. The largest absolute Gasteiger partial charge is 0.497 e. The van der Waals surface area contributed by atoms with Gasteiger partial charge >= 0.3 is 5.97 Å². The number of amides is 1. The van der Waals surface area contributed by atoms with Crippen LogP contribution in [-0.2, 0) is 6.42 Å². The highest BCUT2D eigenvalue weighted by atomic mass is 16.5. The third kappa shape index (κ3) is 4.42. The Bertz CT molecular complexity index is 1170. The van der Waals surface area contributed by atoms with Crippen molar-refractivity contribution in [2.75, 3.05) is 7.11 Å². The Labute approximate surface area is 186 Å². The van der Waals surface area contributed by atoms with Crippen molar-refractivity contribution >= 4 is 17.6 Å². The van der Waals surface area contributed by atoms with E-state index in [-0.39, 0.29) is 11.7 Å².